The Morgan fingerprint density at radius 3 is 2.65 bits per heavy atom. The third-order valence-corrected chi connectivity index (χ3v) is 6.18. The summed E-state index contributed by atoms with van der Waals surface area (Å²) in [6.07, 6.45) is 3.92. The number of amides is 1. The Morgan fingerprint density at radius 2 is 2.09 bits per heavy atom. The molecule has 1 aliphatic heterocycles. The van der Waals surface area contributed by atoms with Gasteiger partial charge in [0.05, 0.1) is 16.3 Å². The van der Waals surface area contributed by atoms with Gasteiger partial charge in [0, 0.05) is 0 Å². The molecule has 2 aliphatic rings. The van der Waals surface area contributed by atoms with Gasteiger partial charge in [0.15, 0.2) is 0 Å². The lowest BCUT2D eigenvalue weighted by molar-refractivity contribution is -0.124. The molecule has 1 unspecified atom stereocenters. The van der Waals surface area contributed by atoms with Crippen molar-refractivity contribution in [1.82, 2.24) is 4.90 Å². The van der Waals surface area contributed by atoms with Gasteiger partial charge in [0.25, 0.3) is 0 Å². The number of nitriles is 1. The molecule has 0 radical (unpaired) electrons. The SMILES string of the molecule is CCN1C(S)N(c2ccc(C#N)c(Cl)c2C)C(=O)C12CCCC2. The predicted molar refractivity (Wildman–Crippen MR) is 94.7 cm³/mol. The van der Waals surface area contributed by atoms with Gasteiger partial charge in [0.1, 0.15) is 17.1 Å². The molecule has 6 heteroatoms. The largest absolute Gasteiger partial charge is 0.285 e. The summed E-state index contributed by atoms with van der Waals surface area (Å²) >= 11 is 11.0. The standard InChI is InChI=1S/C17H20ClN3OS/c1-3-20-16(23)21(15(22)17(20)8-4-5-9-17)13-7-6-12(10-19)14(18)11(13)2/h6-7,16,23H,3-5,8-9H2,1-2H3. The molecule has 3 rings (SSSR count). The fraction of sp³-hybridized carbons (Fsp3) is 0.529. The van der Waals surface area contributed by atoms with Crippen molar-refractivity contribution in [2.24, 2.45) is 0 Å². The van der Waals surface area contributed by atoms with Crippen LogP contribution in [0.5, 0.6) is 0 Å². The van der Waals surface area contributed by atoms with Crippen LogP contribution in [-0.4, -0.2) is 28.4 Å². The highest BCUT2D eigenvalue weighted by molar-refractivity contribution is 7.81. The number of hydrogen-bond acceptors (Lipinski definition) is 4. The highest BCUT2D eigenvalue weighted by Gasteiger charge is 2.57. The van der Waals surface area contributed by atoms with Gasteiger partial charge >= 0.3 is 0 Å². The van der Waals surface area contributed by atoms with E-state index in [0.717, 1.165) is 43.5 Å². The molecule has 4 nitrogen and oxygen atoms in total. The summed E-state index contributed by atoms with van der Waals surface area (Å²) in [5.74, 6) is 0.112. The predicted octanol–water partition coefficient (Wildman–Crippen LogP) is 3.71. The van der Waals surface area contributed by atoms with Crippen LogP contribution >= 0.6 is 24.2 Å². The van der Waals surface area contributed by atoms with Crippen molar-refractivity contribution >= 4 is 35.8 Å². The number of carbonyl (C=O) groups is 1. The quantitative estimate of drug-likeness (QED) is 0.828. The Labute approximate surface area is 147 Å². The summed E-state index contributed by atoms with van der Waals surface area (Å²) in [5, 5.41) is 9.52. The lowest BCUT2D eigenvalue weighted by Gasteiger charge is -2.32. The van der Waals surface area contributed by atoms with Gasteiger partial charge in [0.2, 0.25) is 5.91 Å². The lowest BCUT2D eigenvalue weighted by atomic mass is 9.95. The van der Waals surface area contributed by atoms with Crippen LogP contribution in [0.25, 0.3) is 0 Å². The fourth-order valence-electron chi connectivity index (χ4n) is 4.00. The van der Waals surface area contributed by atoms with Gasteiger partial charge in [-0.25, -0.2) is 0 Å². The molecule has 1 amide bonds. The Kier molecular flexibility index (Phi) is 4.35. The maximum absolute atomic E-state index is 13.3. The molecule has 1 atom stereocenters. The molecule has 1 heterocycles. The van der Waals surface area contributed by atoms with Gasteiger partial charge in [-0.15, -0.1) is 12.6 Å². The number of halogens is 1. The normalized spacial score (nSPS) is 23.7. The molecule has 2 fully saturated rings. The van der Waals surface area contributed by atoms with Crippen molar-refractivity contribution in [2.75, 3.05) is 11.4 Å². The third kappa shape index (κ3) is 2.27. The van der Waals surface area contributed by atoms with E-state index in [4.69, 9.17) is 29.5 Å². The van der Waals surface area contributed by atoms with Gasteiger partial charge < -0.3 is 0 Å². The minimum Gasteiger partial charge on any atom is -0.285 e. The molecule has 1 aromatic carbocycles. The second-order valence-corrected chi connectivity index (χ2v) is 7.07. The second-order valence-electron chi connectivity index (χ2n) is 6.23. The molecule has 23 heavy (non-hydrogen) atoms. The van der Waals surface area contributed by atoms with Crippen molar-refractivity contribution in [3.63, 3.8) is 0 Å². The van der Waals surface area contributed by atoms with Crippen LogP contribution in [-0.2, 0) is 4.79 Å². The average molecular weight is 350 g/mol. The van der Waals surface area contributed by atoms with Crippen LogP contribution < -0.4 is 4.90 Å². The monoisotopic (exact) mass is 349 g/mol. The average Bonchev–Trinajstić information content (AvgIpc) is 3.09. The van der Waals surface area contributed by atoms with Gasteiger partial charge in [-0.05, 0) is 44.0 Å². The molecule has 1 saturated heterocycles. The maximum atomic E-state index is 13.3. The van der Waals surface area contributed by atoms with Crippen LogP contribution in [0, 0.1) is 18.3 Å². The first-order valence-corrected chi connectivity index (χ1v) is 8.85. The van der Waals surface area contributed by atoms with Crippen molar-refractivity contribution in [3.05, 3.63) is 28.3 Å². The zero-order valence-corrected chi connectivity index (χ0v) is 15.0. The van der Waals surface area contributed by atoms with E-state index in [2.05, 4.69) is 17.9 Å². The number of thiol groups is 1. The molecule has 1 aliphatic carbocycles. The minimum absolute atomic E-state index is 0.112. The van der Waals surface area contributed by atoms with Crippen molar-refractivity contribution in [1.29, 1.82) is 5.26 Å². The molecular formula is C17H20ClN3OS. The highest BCUT2D eigenvalue weighted by Crippen LogP contribution is 2.47. The smallest absolute Gasteiger partial charge is 0.249 e. The van der Waals surface area contributed by atoms with Crippen molar-refractivity contribution < 1.29 is 4.79 Å². The zero-order valence-electron chi connectivity index (χ0n) is 13.3. The van der Waals surface area contributed by atoms with Crippen LogP contribution in [0.15, 0.2) is 12.1 Å². The summed E-state index contributed by atoms with van der Waals surface area (Å²) in [4.78, 5) is 17.2. The Hall–Kier alpha value is -1.22. The Bertz CT molecular complexity index is 694. The molecule has 1 saturated carbocycles. The van der Waals surface area contributed by atoms with Crippen LogP contribution in [0.1, 0.15) is 43.7 Å². The highest BCUT2D eigenvalue weighted by atomic mass is 35.5. The lowest BCUT2D eigenvalue weighted by Crippen LogP contribution is -2.47. The zero-order chi connectivity index (χ0) is 16.8. The summed E-state index contributed by atoms with van der Waals surface area (Å²) in [6.45, 7) is 4.69. The summed E-state index contributed by atoms with van der Waals surface area (Å²) < 4.78 is 0. The summed E-state index contributed by atoms with van der Waals surface area (Å²) in [6, 6.07) is 5.56. The van der Waals surface area contributed by atoms with Crippen LogP contribution in [0.2, 0.25) is 5.02 Å². The summed E-state index contributed by atoms with van der Waals surface area (Å²) in [5.41, 5.74) is 1.21. The number of rotatable bonds is 2. The van der Waals surface area contributed by atoms with Crippen LogP contribution in [0.3, 0.4) is 0 Å². The number of nitrogens with zero attached hydrogens (tertiary/aromatic N) is 3. The Morgan fingerprint density at radius 1 is 1.43 bits per heavy atom. The topological polar surface area (TPSA) is 47.3 Å². The van der Waals surface area contributed by atoms with E-state index < -0.39 is 5.54 Å². The molecule has 0 bridgehead atoms. The van der Waals surface area contributed by atoms with E-state index in [0.29, 0.717) is 10.6 Å². The number of anilines is 1. The van der Waals surface area contributed by atoms with Crippen molar-refractivity contribution in [2.45, 2.75) is 50.6 Å². The van der Waals surface area contributed by atoms with E-state index >= 15 is 0 Å². The number of hydrogen-bond donors (Lipinski definition) is 1. The fourth-order valence-corrected chi connectivity index (χ4v) is 4.81. The second kappa shape index (κ2) is 6.01. The first-order chi connectivity index (χ1) is 11.0. The van der Waals surface area contributed by atoms with Crippen LogP contribution in [0.4, 0.5) is 5.69 Å². The molecule has 0 aromatic heterocycles. The third-order valence-electron chi connectivity index (χ3n) is 5.19. The van der Waals surface area contributed by atoms with E-state index in [1.54, 1.807) is 11.0 Å². The first-order valence-electron chi connectivity index (χ1n) is 7.95. The van der Waals surface area contributed by atoms with Gasteiger partial charge in [-0.3, -0.25) is 14.6 Å². The number of likely N-dealkylation sites (N-methyl/N-ethyl adjacent to an activating group) is 1. The van der Waals surface area contributed by atoms with Crippen molar-refractivity contribution in [3.8, 4) is 6.07 Å². The van der Waals surface area contributed by atoms with E-state index in [1.165, 1.54) is 0 Å². The molecule has 122 valence electrons. The van der Waals surface area contributed by atoms with Gasteiger partial charge in [-0.2, -0.15) is 5.26 Å². The Balaban J connectivity index is 2.09. The molecular weight excluding hydrogens is 330 g/mol. The first kappa shape index (κ1) is 16.6. The minimum atomic E-state index is -0.423. The molecule has 0 N–H and O–H groups in total. The number of carbonyl (C=O) groups excluding carboxylic acids is 1. The molecule has 1 spiro atoms. The molecule has 1 aromatic rings. The van der Waals surface area contributed by atoms with Gasteiger partial charge in [-0.1, -0.05) is 31.4 Å². The van der Waals surface area contributed by atoms with E-state index in [-0.39, 0.29) is 11.4 Å². The maximum Gasteiger partial charge on any atom is 0.249 e. The van der Waals surface area contributed by atoms with E-state index in [9.17, 15) is 4.79 Å². The van der Waals surface area contributed by atoms with E-state index in [1.807, 2.05) is 13.0 Å². The summed E-state index contributed by atoms with van der Waals surface area (Å²) in [7, 11) is 0. The number of benzene rings is 1.